The van der Waals surface area contributed by atoms with Crippen molar-refractivity contribution in [3.63, 3.8) is 0 Å². The second-order valence-electron chi connectivity index (χ2n) is 9.28. The van der Waals surface area contributed by atoms with Gasteiger partial charge < -0.3 is 15.7 Å². The zero-order chi connectivity index (χ0) is 22.9. The Bertz CT molecular complexity index is 898. The zero-order valence-corrected chi connectivity index (χ0v) is 22.7. The van der Waals surface area contributed by atoms with E-state index in [1.165, 1.54) is 48.2 Å². The van der Waals surface area contributed by atoms with Gasteiger partial charge >= 0.3 is 0 Å². The number of β-amino-alcohol motifs (C(OH)–C–C–N with tert-alkyl or cyclic N) is 1. The SMILES string of the molecule is CCNC(=NCc1ccc(CN2CCCC2)cc1)NCC(O)CN1CCc2ccccc2C1.I. The molecule has 4 rings (SSSR count). The standard InChI is InChI=1S/C27H39N5O.HI/c1-2-28-27(29-17-22-9-11-23(12-10-22)19-31-14-5-6-15-31)30-18-26(33)21-32-16-13-24-7-3-4-8-25(24)20-32;/h3-4,7-12,26,33H,2,5-6,13-21H2,1H3,(H2,28,29,30);1H. The number of guanidine groups is 1. The minimum atomic E-state index is -0.441. The van der Waals surface area contributed by atoms with E-state index in [1.807, 2.05) is 0 Å². The molecule has 186 valence electrons. The van der Waals surface area contributed by atoms with Gasteiger partial charge in [-0.05, 0) is 61.5 Å². The molecule has 3 N–H and O–H groups in total. The molecule has 2 aromatic rings. The number of benzene rings is 2. The van der Waals surface area contributed by atoms with Crippen LogP contribution in [-0.4, -0.2) is 66.2 Å². The van der Waals surface area contributed by atoms with Crippen LogP contribution in [0.5, 0.6) is 0 Å². The third kappa shape index (κ3) is 8.22. The topological polar surface area (TPSA) is 63.1 Å². The largest absolute Gasteiger partial charge is 0.390 e. The number of rotatable bonds is 9. The summed E-state index contributed by atoms with van der Waals surface area (Å²) in [4.78, 5) is 9.58. The number of aliphatic imine (C=N–C) groups is 1. The number of nitrogens with zero attached hydrogens (tertiary/aromatic N) is 3. The molecule has 0 aromatic heterocycles. The van der Waals surface area contributed by atoms with E-state index >= 15 is 0 Å². The first-order valence-electron chi connectivity index (χ1n) is 12.5. The Balaban J connectivity index is 0.00000324. The maximum Gasteiger partial charge on any atom is 0.191 e. The van der Waals surface area contributed by atoms with Crippen molar-refractivity contribution >= 4 is 29.9 Å². The van der Waals surface area contributed by atoms with E-state index in [4.69, 9.17) is 4.99 Å². The molecule has 2 aromatic carbocycles. The molecule has 1 atom stereocenters. The molecule has 0 aliphatic carbocycles. The molecule has 34 heavy (non-hydrogen) atoms. The summed E-state index contributed by atoms with van der Waals surface area (Å²) in [6.45, 7) is 10.0. The van der Waals surface area contributed by atoms with E-state index in [9.17, 15) is 5.11 Å². The maximum atomic E-state index is 10.6. The highest BCUT2D eigenvalue weighted by atomic mass is 127. The maximum absolute atomic E-state index is 10.6. The Morgan fingerprint density at radius 3 is 2.38 bits per heavy atom. The third-order valence-electron chi connectivity index (χ3n) is 6.58. The van der Waals surface area contributed by atoms with E-state index in [0.29, 0.717) is 19.6 Å². The van der Waals surface area contributed by atoms with Crippen molar-refractivity contribution in [3.05, 3.63) is 70.8 Å². The lowest BCUT2D eigenvalue weighted by atomic mass is 10.00. The second-order valence-corrected chi connectivity index (χ2v) is 9.28. The molecular weight excluding hydrogens is 537 g/mol. The summed E-state index contributed by atoms with van der Waals surface area (Å²) in [6.07, 6.45) is 3.27. The molecule has 6 nitrogen and oxygen atoms in total. The van der Waals surface area contributed by atoms with Crippen LogP contribution in [0.4, 0.5) is 0 Å². The van der Waals surface area contributed by atoms with Crippen LogP contribution in [0.1, 0.15) is 42.0 Å². The molecule has 2 aliphatic heterocycles. The number of likely N-dealkylation sites (tertiary alicyclic amines) is 1. The molecule has 1 fully saturated rings. The van der Waals surface area contributed by atoms with Crippen LogP contribution in [0, 0.1) is 0 Å². The second kappa shape index (κ2) is 14.0. The van der Waals surface area contributed by atoms with Gasteiger partial charge in [-0.15, -0.1) is 24.0 Å². The summed E-state index contributed by atoms with van der Waals surface area (Å²) in [7, 11) is 0. The van der Waals surface area contributed by atoms with E-state index in [0.717, 1.165) is 38.6 Å². The number of hydrogen-bond donors (Lipinski definition) is 3. The van der Waals surface area contributed by atoms with Crippen LogP contribution in [0.2, 0.25) is 0 Å². The smallest absolute Gasteiger partial charge is 0.191 e. The van der Waals surface area contributed by atoms with E-state index in [1.54, 1.807) is 0 Å². The first-order valence-corrected chi connectivity index (χ1v) is 12.5. The number of aliphatic hydroxyl groups is 1. The van der Waals surface area contributed by atoms with Gasteiger partial charge in [-0.25, -0.2) is 4.99 Å². The van der Waals surface area contributed by atoms with Gasteiger partial charge in [0.2, 0.25) is 0 Å². The lowest BCUT2D eigenvalue weighted by molar-refractivity contribution is 0.108. The van der Waals surface area contributed by atoms with Gasteiger partial charge in [0.05, 0.1) is 12.6 Å². The van der Waals surface area contributed by atoms with Gasteiger partial charge in [0.25, 0.3) is 0 Å². The van der Waals surface area contributed by atoms with Crippen LogP contribution in [0.3, 0.4) is 0 Å². The minimum Gasteiger partial charge on any atom is -0.390 e. The molecule has 0 spiro atoms. The lowest BCUT2D eigenvalue weighted by Gasteiger charge is -2.30. The average Bonchev–Trinajstić information content (AvgIpc) is 3.35. The number of hydrogen-bond acceptors (Lipinski definition) is 4. The van der Waals surface area contributed by atoms with Gasteiger partial charge in [0.1, 0.15) is 0 Å². The predicted octanol–water partition coefficient (Wildman–Crippen LogP) is 3.37. The summed E-state index contributed by atoms with van der Waals surface area (Å²) in [5, 5.41) is 17.2. The Labute approximate surface area is 221 Å². The zero-order valence-electron chi connectivity index (χ0n) is 20.4. The number of nitrogens with one attached hydrogen (secondary N) is 2. The summed E-state index contributed by atoms with van der Waals surface area (Å²) in [6, 6.07) is 17.4. The van der Waals surface area contributed by atoms with Crippen LogP contribution in [0.25, 0.3) is 0 Å². The molecule has 0 bridgehead atoms. The highest BCUT2D eigenvalue weighted by molar-refractivity contribution is 14.0. The van der Waals surface area contributed by atoms with Crippen molar-refractivity contribution in [2.24, 2.45) is 4.99 Å². The molecule has 0 radical (unpaired) electrons. The third-order valence-corrected chi connectivity index (χ3v) is 6.58. The molecule has 2 heterocycles. The summed E-state index contributed by atoms with van der Waals surface area (Å²) in [5.74, 6) is 0.752. The van der Waals surface area contributed by atoms with Crippen molar-refractivity contribution in [1.29, 1.82) is 0 Å². The Hall–Kier alpha value is -1.68. The molecule has 2 aliphatic rings. The van der Waals surface area contributed by atoms with Crippen LogP contribution >= 0.6 is 24.0 Å². The molecule has 1 unspecified atom stereocenters. The Morgan fingerprint density at radius 1 is 0.941 bits per heavy atom. The fourth-order valence-corrected chi connectivity index (χ4v) is 4.75. The molecule has 7 heteroatoms. The summed E-state index contributed by atoms with van der Waals surface area (Å²) < 4.78 is 0. The minimum absolute atomic E-state index is 0. The molecule has 0 saturated carbocycles. The van der Waals surface area contributed by atoms with Crippen LogP contribution < -0.4 is 10.6 Å². The van der Waals surface area contributed by atoms with Gasteiger partial charge in [0.15, 0.2) is 5.96 Å². The van der Waals surface area contributed by atoms with E-state index in [-0.39, 0.29) is 24.0 Å². The first kappa shape index (κ1) is 26.9. The van der Waals surface area contributed by atoms with Crippen molar-refractivity contribution in [2.45, 2.75) is 51.9 Å². The quantitative estimate of drug-likeness (QED) is 0.243. The molecule has 1 saturated heterocycles. The molecular formula is C27H40IN5O. The first-order chi connectivity index (χ1) is 16.2. The highest BCUT2D eigenvalue weighted by Crippen LogP contribution is 2.18. The predicted molar refractivity (Wildman–Crippen MR) is 151 cm³/mol. The number of halogens is 1. The fourth-order valence-electron chi connectivity index (χ4n) is 4.75. The Kier molecular flexibility index (Phi) is 11.1. The monoisotopic (exact) mass is 577 g/mol. The van der Waals surface area contributed by atoms with E-state index < -0.39 is 6.10 Å². The van der Waals surface area contributed by atoms with Gasteiger partial charge in [0, 0.05) is 39.3 Å². The van der Waals surface area contributed by atoms with Crippen LogP contribution in [-0.2, 0) is 26.1 Å². The van der Waals surface area contributed by atoms with Crippen molar-refractivity contribution < 1.29 is 5.11 Å². The number of aliphatic hydroxyl groups excluding tert-OH is 1. The van der Waals surface area contributed by atoms with Gasteiger partial charge in [-0.1, -0.05) is 48.5 Å². The Morgan fingerprint density at radius 2 is 1.65 bits per heavy atom. The average molecular weight is 578 g/mol. The highest BCUT2D eigenvalue weighted by Gasteiger charge is 2.18. The number of fused-ring (bicyclic) bond motifs is 1. The lowest BCUT2D eigenvalue weighted by Crippen LogP contribution is -2.45. The van der Waals surface area contributed by atoms with Gasteiger partial charge in [-0.2, -0.15) is 0 Å². The summed E-state index contributed by atoms with van der Waals surface area (Å²) in [5.41, 5.74) is 5.39. The van der Waals surface area contributed by atoms with Gasteiger partial charge in [-0.3, -0.25) is 9.80 Å². The molecule has 0 amide bonds. The van der Waals surface area contributed by atoms with Crippen molar-refractivity contribution in [1.82, 2.24) is 20.4 Å². The summed E-state index contributed by atoms with van der Waals surface area (Å²) >= 11 is 0. The van der Waals surface area contributed by atoms with E-state index in [2.05, 4.69) is 75.9 Å². The van der Waals surface area contributed by atoms with Crippen molar-refractivity contribution in [2.75, 3.05) is 39.3 Å². The van der Waals surface area contributed by atoms with Crippen molar-refractivity contribution in [3.8, 4) is 0 Å². The normalized spacial score (nSPS) is 17.6. The van der Waals surface area contributed by atoms with Crippen LogP contribution in [0.15, 0.2) is 53.5 Å². The fraction of sp³-hybridized carbons (Fsp3) is 0.519.